The van der Waals surface area contributed by atoms with Crippen LogP contribution in [0, 0.1) is 11.5 Å². The lowest BCUT2D eigenvalue weighted by molar-refractivity contribution is -0.119. The van der Waals surface area contributed by atoms with Gasteiger partial charge in [0.25, 0.3) is 0 Å². The Balaban J connectivity index is 3.03. The highest BCUT2D eigenvalue weighted by Gasteiger charge is 2.15. The van der Waals surface area contributed by atoms with Gasteiger partial charge in [0.15, 0.2) is 0 Å². The van der Waals surface area contributed by atoms with Gasteiger partial charge in [-0.2, -0.15) is 0 Å². The van der Waals surface area contributed by atoms with E-state index in [2.05, 4.69) is 48.6 Å². The van der Waals surface area contributed by atoms with Crippen molar-refractivity contribution < 1.29 is 9.53 Å². The molecule has 0 spiro atoms. The lowest BCUT2D eigenvalue weighted by Gasteiger charge is -2.19. The van der Waals surface area contributed by atoms with E-state index < -0.39 is 8.07 Å². The van der Waals surface area contributed by atoms with Crippen LogP contribution in [-0.2, 0) is 9.53 Å². The number of hydrogen-bond acceptors (Lipinski definition) is 2. The maximum atomic E-state index is 11.3. The van der Waals surface area contributed by atoms with Crippen molar-refractivity contribution in [3.05, 3.63) is 35.4 Å². The first-order chi connectivity index (χ1) is 10.8. The first-order valence-corrected chi connectivity index (χ1v) is 11.7. The summed E-state index contributed by atoms with van der Waals surface area (Å²) in [7, 11) is 0.302. The van der Waals surface area contributed by atoms with Crippen LogP contribution in [-0.4, -0.2) is 34.2 Å². The minimum Gasteiger partial charge on any atom is -0.385 e. The van der Waals surface area contributed by atoms with Crippen LogP contribution in [0.1, 0.15) is 36.8 Å². The van der Waals surface area contributed by atoms with Gasteiger partial charge < -0.3 is 10.1 Å². The van der Waals surface area contributed by atoms with Crippen LogP contribution in [0.2, 0.25) is 19.6 Å². The third-order valence-corrected chi connectivity index (χ3v) is 4.35. The first-order valence-electron chi connectivity index (χ1n) is 8.19. The van der Waals surface area contributed by atoms with E-state index in [1.165, 1.54) is 5.56 Å². The van der Waals surface area contributed by atoms with Crippen LogP contribution < -0.4 is 5.32 Å². The van der Waals surface area contributed by atoms with Crippen molar-refractivity contribution in [1.29, 1.82) is 0 Å². The third kappa shape index (κ3) is 8.01. The summed E-state index contributed by atoms with van der Waals surface area (Å²) in [4.78, 5) is 11.3. The van der Waals surface area contributed by atoms with E-state index in [1.54, 1.807) is 14.0 Å². The number of benzene rings is 1. The van der Waals surface area contributed by atoms with Gasteiger partial charge in [-0.15, -0.1) is 5.54 Å². The van der Waals surface area contributed by atoms with Crippen molar-refractivity contribution in [1.82, 2.24) is 5.32 Å². The van der Waals surface area contributed by atoms with E-state index in [4.69, 9.17) is 4.74 Å². The fourth-order valence-electron chi connectivity index (χ4n) is 2.33. The molecule has 23 heavy (non-hydrogen) atoms. The van der Waals surface area contributed by atoms with E-state index in [0.29, 0.717) is 6.54 Å². The zero-order valence-electron chi connectivity index (χ0n) is 15.0. The second-order valence-corrected chi connectivity index (χ2v) is 11.6. The van der Waals surface area contributed by atoms with Crippen LogP contribution >= 0.6 is 0 Å². The van der Waals surface area contributed by atoms with Gasteiger partial charge in [0.1, 0.15) is 8.07 Å². The van der Waals surface area contributed by atoms with Gasteiger partial charge in [0.05, 0.1) is 0 Å². The Morgan fingerprint density at radius 1 is 1.30 bits per heavy atom. The monoisotopic (exact) mass is 331 g/mol. The fourth-order valence-corrected chi connectivity index (χ4v) is 2.84. The summed E-state index contributed by atoms with van der Waals surface area (Å²) in [5.74, 6) is 3.65. The Morgan fingerprint density at radius 3 is 2.61 bits per heavy atom. The van der Waals surface area contributed by atoms with Crippen molar-refractivity contribution in [3.63, 3.8) is 0 Å². The van der Waals surface area contributed by atoms with E-state index in [1.807, 2.05) is 12.1 Å². The molecule has 0 aromatic heterocycles. The molecule has 1 atom stereocenters. The number of ether oxygens (including phenoxy) is 1. The summed E-state index contributed by atoms with van der Waals surface area (Å²) in [6, 6.07) is 8.29. The van der Waals surface area contributed by atoms with E-state index in [9.17, 15) is 4.79 Å². The lowest BCUT2D eigenvalue weighted by Crippen LogP contribution is -2.26. The minimum absolute atomic E-state index is 0.00686. The molecular weight excluding hydrogens is 302 g/mol. The molecule has 126 valence electrons. The van der Waals surface area contributed by atoms with Gasteiger partial charge in [0.2, 0.25) is 5.91 Å². The molecule has 1 aromatic rings. The SMILES string of the molecule is COCCCC(CNC(C)=O)c1ccccc1C#C[Si](C)(C)C. The molecule has 3 nitrogen and oxygen atoms in total. The topological polar surface area (TPSA) is 38.3 Å². The normalized spacial score (nSPS) is 12.2. The van der Waals surface area contributed by atoms with E-state index in [-0.39, 0.29) is 11.8 Å². The summed E-state index contributed by atoms with van der Waals surface area (Å²) in [5.41, 5.74) is 5.75. The van der Waals surface area contributed by atoms with Crippen LogP contribution in [0.15, 0.2) is 24.3 Å². The summed E-state index contributed by atoms with van der Waals surface area (Å²) in [5, 5.41) is 2.95. The third-order valence-electron chi connectivity index (χ3n) is 3.47. The Bertz CT molecular complexity index is 567. The molecule has 0 heterocycles. The highest BCUT2D eigenvalue weighted by atomic mass is 28.3. The summed E-state index contributed by atoms with van der Waals surface area (Å²) in [6.07, 6.45) is 1.94. The van der Waals surface area contributed by atoms with Gasteiger partial charge >= 0.3 is 0 Å². The molecule has 1 rings (SSSR count). The number of nitrogens with one attached hydrogen (secondary N) is 1. The van der Waals surface area contributed by atoms with E-state index in [0.717, 1.165) is 25.0 Å². The number of rotatable bonds is 7. The number of carbonyl (C=O) groups excluding carboxylic acids is 1. The zero-order valence-corrected chi connectivity index (χ0v) is 16.0. The maximum Gasteiger partial charge on any atom is 0.216 e. The second-order valence-electron chi connectivity index (χ2n) is 6.86. The average Bonchev–Trinajstić information content (AvgIpc) is 2.48. The molecular formula is C19H29NO2Si. The Kier molecular flexibility index (Phi) is 8.08. The van der Waals surface area contributed by atoms with Gasteiger partial charge in [0, 0.05) is 38.7 Å². The summed E-state index contributed by atoms with van der Waals surface area (Å²) >= 11 is 0. The first kappa shape index (κ1) is 19.5. The van der Waals surface area contributed by atoms with Crippen LogP contribution in [0.25, 0.3) is 0 Å². The minimum atomic E-state index is -1.42. The average molecular weight is 332 g/mol. The number of amides is 1. The lowest BCUT2D eigenvalue weighted by atomic mass is 9.90. The van der Waals surface area contributed by atoms with Crippen molar-refractivity contribution in [2.24, 2.45) is 0 Å². The predicted octanol–water partition coefficient (Wildman–Crippen LogP) is 3.56. The highest BCUT2D eigenvalue weighted by Crippen LogP contribution is 2.24. The van der Waals surface area contributed by atoms with Crippen molar-refractivity contribution in [2.45, 2.75) is 45.3 Å². The molecule has 1 N–H and O–H groups in total. The molecule has 0 aliphatic heterocycles. The molecule has 1 aromatic carbocycles. The molecule has 0 saturated heterocycles. The standard InChI is InChI=1S/C19H29NO2Si/c1-16(21)20-15-18(10-8-13-22-2)19-11-7-6-9-17(19)12-14-23(3,4)5/h6-7,9,11,18H,8,10,13,15H2,1-5H3,(H,20,21). The molecule has 0 bridgehead atoms. The molecule has 1 unspecified atom stereocenters. The summed E-state index contributed by atoms with van der Waals surface area (Å²) in [6.45, 7) is 9.68. The number of hydrogen-bond donors (Lipinski definition) is 1. The van der Waals surface area contributed by atoms with E-state index >= 15 is 0 Å². The highest BCUT2D eigenvalue weighted by molar-refractivity contribution is 6.83. The smallest absolute Gasteiger partial charge is 0.216 e. The molecule has 0 radical (unpaired) electrons. The Hall–Kier alpha value is -1.57. The Morgan fingerprint density at radius 2 is 2.00 bits per heavy atom. The number of methoxy groups -OCH3 is 1. The fraction of sp³-hybridized carbons (Fsp3) is 0.526. The molecule has 1 amide bonds. The van der Waals surface area contributed by atoms with Gasteiger partial charge in [-0.1, -0.05) is 43.8 Å². The molecule has 0 aliphatic rings. The second kappa shape index (κ2) is 9.54. The summed E-state index contributed by atoms with van der Waals surface area (Å²) < 4.78 is 5.17. The van der Waals surface area contributed by atoms with Crippen molar-refractivity contribution >= 4 is 14.0 Å². The van der Waals surface area contributed by atoms with Gasteiger partial charge in [-0.3, -0.25) is 4.79 Å². The molecule has 0 aliphatic carbocycles. The molecule has 4 heteroatoms. The quantitative estimate of drug-likeness (QED) is 0.471. The van der Waals surface area contributed by atoms with Crippen LogP contribution in [0.5, 0.6) is 0 Å². The van der Waals surface area contributed by atoms with Crippen molar-refractivity contribution in [3.8, 4) is 11.5 Å². The largest absolute Gasteiger partial charge is 0.385 e. The van der Waals surface area contributed by atoms with Gasteiger partial charge in [-0.25, -0.2) is 0 Å². The Labute approximate surface area is 141 Å². The molecule has 0 fully saturated rings. The predicted molar refractivity (Wildman–Crippen MR) is 99.2 cm³/mol. The maximum absolute atomic E-state index is 11.3. The van der Waals surface area contributed by atoms with Crippen LogP contribution in [0.3, 0.4) is 0 Å². The van der Waals surface area contributed by atoms with Gasteiger partial charge in [-0.05, 0) is 24.5 Å². The van der Waals surface area contributed by atoms with Crippen LogP contribution in [0.4, 0.5) is 0 Å². The zero-order chi connectivity index (χ0) is 17.3. The molecule has 0 saturated carbocycles. The number of carbonyl (C=O) groups is 1. The van der Waals surface area contributed by atoms with Crippen molar-refractivity contribution in [2.75, 3.05) is 20.3 Å².